The monoisotopic (exact) mass is 157 g/mol. The summed E-state index contributed by atoms with van der Waals surface area (Å²) >= 11 is 0. The van der Waals surface area contributed by atoms with E-state index in [1.165, 1.54) is 32.1 Å². The fraction of sp³-hybridized carbons (Fsp3) is 1.00. The second-order valence-electron chi connectivity index (χ2n) is 3.28. The molecule has 0 unspecified atom stereocenters. The molecule has 0 N–H and O–H groups in total. The molecule has 0 aromatic heterocycles. The van der Waals surface area contributed by atoms with Crippen LogP contribution < -0.4 is 0 Å². The normalized spacial score (nSPS) is 22.6. The average molecular weight is 157 g/mol. The van der Waals surface area contributed by atoms with Crippen LogP contribution in [-0.4, -0.2) is 6.10 Å². The van der Waals surface area contributed by atoms with E-state index in [1.807, 2.05) is 6.92 Å². The number of nitrogens with zero attached hydrogens (tertiary/aromatic N) is 1. The van der Waals surface area contributed by atoms with E-state index >= 15 is 0 Å². The zero-order chi connectivity index (χ0) is 8.10. The quantitative estimate of drug-likeness (QED) is 0.466. The molecule has 1 atom stereocenters. The first kappa shape index (κ1) is 8.50. The minimum Gasteiger partial charge on any atom is -0.361 e. The Kier molecular flexibility index (Phi) is 3.33. The second-order valence-corrected chi connectivity index (χ2v) is 3.28. The van der Waals surface area contributed by atoms with Gasteiger partial charge in [-0.15, -0.1) is 4.91 Å². The summed E-state index contributed by atoms with van der Waals surface area (Å²) in [6.45, 7) is 1.93. The van der Waals surface area contributed by atoms with Crippen molar-refractivity contribution in [1.82, 2.24) is 0 Å². The second kappa shape index (κ2) is 4.31. The molecule has 64 valence electrons. The Balaban J connectivity index is 2.26. The van der Waals surface area contributed by atoms with Gasteiger partial charge in [0.15, 0.2) is 5.34 Å². The van der Waals surface area contributed by atoms with Crippen LogP contribution in [0.3, 0.4) is 0 Å². The molecule has 3 nitrogen and oxygen atoms in total. The van der Waals surface area contributed by atoms with Crippen molar-refractivity contribution in [1.29, 1.82) is 0 Å². The molecule has 0 heterocycles. The molecular formula is C8H15NO2. The largest absolute Gasteiger partial charge is 0.361 e. The van der Waals surface area contributed by atoms with Gasteiger partial charge in [0, 0.05) is 0 Å². The van der Waals surface area contributed by atoms with Crippen molar-refractivity contribution in [2.75, 3.05) is 0 Å². The average Bonchev–Trinajstić information content (AvgIpc) is 2.07. The number of hydrogen-bond donors (Lipinski definition) is 0. The van der Waals surface area contributed by atoms with Crippen LogP contribution >= 0.6 is 0 Å². The summed E-state index contributed by atoms with van der Waals surface area (Å²) < 4.78 is 0. The third-order valence-corrected chi connectivity index (χ3v) is 2.52. The lowest BCUT2D eigenvalue weighted by Crippen LogP contribution is -2.21. The maximum absolute atomic E-state index is 9.79. The summed E-state index contributed by atoms with van der Waals surface area (Å²) in [4.78, 5) is 14.4. The van der Waals surface area contributed by atoms with Gasteiger partial charge < -0.3 is 4.84 Å². The first-order valence-corrected chi connectivity index (χ1v) is 4.33. The van der Waals surface area contributed by atoms with Gasteiger partial charge in [0.25, 0.3) is 0 Å². The van der Waals surface area contributed by atoms with Crippen molar-refractivity contribution in [2.24, 2.45) is 11.3 Å². The minimum atomic E-state index is 0.0211. The summed E-state index contributed by atoms with van der Waals surface area (Å²) in [6.07, 6.45) is 6.28. The fourth-order valence-corrected chi connectivity index (χ4v) is 1.76. The molecule has 0 aromatic rings. The molecular weight excluding hydrogens is 142 g/mol. The van der Waals surface area contributed by atoms with Gasteiger partial charge in [0.05, 0.1) is 0 Å². The van der Waals surface area contributed by atoms with Crippen molar-refractivity contribution in [3.8, 4) is 0 Å². The van der Waals surface area contributed by atoms with Crippen molar-refractivity contribution in [2.45, 2.75) is 45.1 Å². The zero-order valence-electron chi connectivity index (χ0n) is 6.95. The molecule has 0 aliphatic heterocycles. The molecule has 0 saturated heterocycles. The van der Waals surface area contributed by atoms with E-state index < -0.39 is 0 Å². The van der Waals surface area contributed by atoms with E-state index in [4.69, 9.17) is 0 Å². The van der Waals surface area contributed by atoms with E-state index in [1.54, 1.807) is 0 Å². The molecule has 0 amide bonds. The Labute approximate surface area is 67.1 Å². The standard InChI is InChI=1S/C8H15NO2/c1-7(11-9-10)8-5-3-2-4-6-8/h7-8H,2-6H2,1H3/t7-/m1/s1. The van der Waals surface area contributed by atoms with Crippen LogP contribution in [-0.2, 0) is 4.84 Å². The molecule has 11 heavy (non-hydrogen) atoms. The molecule has 0 radical (unpaired) electrons. The van der Waals surface area contributed by atoms with Crippen LogP contribution in [0.4, 0.5) is 0 Å². The van der Waals surface area contributed by atoms with E-state index in [9.17, 15) is 4.91 Å². The Morgan fingerprint density at radius 1 is 1.36 bits per heavy atom. The van der Waals surface area contributed by atoms with E-state index in [2.05, 4.69) is 10.2 Å². The van der Waals surface area contributed by atoms with Crippen molar-refractivity contribution < 1.29 is 4.84 Å². The minimum absolute atomic E-state index is 0.0211. The highest BCUT2D eigenvalue weighted by Gasteiger charge is 2.21. The van der Waals surface area contributed by atoms with E-state index in [0.717, 1.165) is 0 Å². The maximum atomic E-state index is 9.79. The summed E-state index contributed by atoms with van der Waals surface area (Å²) in [5.41, 5.74) is 0. The molecule has 0 spiro atoms. The van der Waals surface area contributed by atoms with Gasteiger partial charge in [0.2, 0.25) is 0 Å². The van der Waals surface area contributed by atoms with Crippen LogP contribution in [0.2, 0.25) is 0 Å². The number of rotatable bonds is 3. The lowest BCUT2D eigenvalue weighted by molar-refractivity contribution is 0.0137. The van der Waals surface area contributed by atoms with Gasteiger partial charge in [-0.1, -0.05) is 19.3 Å². The topological polar surface area (TPSA) is 38.7 Å². The predicted molar refractivity (Wildman–Crippen MR) is 42.9 cm³/mol. The summed E-state index contributed by atoms with van der Waals surface area (Å²) in [5.74, 6) is 0.557. The van der Waals surface area contributed by atoms with E-state index in [0.29, 0.717) is 5.92 Å². The van der Waals surface area contributed by atoms with Gasteiger partial charge >= 0.3 is 0 Å². The van der Waals surface area contributed by atoms with Gasteiger partial charge in [-0.2, -0.15) is 0 Å². The van der Waals surface area contributed by atoms with Gasteiger partial charge in [0.1, 0.15) is 6.10 Å². The Bertz CT molecular complexity index is 121. The molecule has 1 fully saturated rings. The molecule has 1 aliphatic carbocycles. The SMILES string of the molecule is C[C@@H](ON=O)C1CCCCC1. The van der Waals surface area contributed by atoms with Crippen molar-refractivity contribution in [3.05, 3.63) is 4.91 Å². The first-order valence-electron chi connectivity index (χ1n) is 4.33. The van der Waals surface area contributed by atoms with Gasteiger partial charge in [-0.05, 0) is 25.7 Å². The van der Waals surface area contributed by atoms with Crippen LogP contribution in [0.5, 0.6) is 0 Å². The van der Waals surface area contributed by atoms with Crippen LogP contribution in [0.15, 0.2) is 5.34 Å². The van der Waals surface area contributed by atoms with Crippen LogP contribution in [0.1, 0.15) is 39.0 Å². The third kappa shape index (κ3) is 2.48. The highest BCUT2D eigenvalue weighted by Crippen LogP contribution is 2.27. The molecule has 0 bridgehead atoms. The lowest BCUT2D eigenvalue weighted by Gasteiger charge is -2.24. The van der Waals surface area contributed by atoms with Crippen molar-refractivity contribution >= 4 is 0 Å². The Morgan fingerprint density at radius 2 is 2.00 bits per heavy atom. The smallest absolute Gasteiger partial charge is 0.155 e. The van der Waals surface area contributed by atoms with Gasteiger partial charge in [-0.25, -0.2) is 0 Å². The van der Waals surface area contributed by atoms with Crippen molar-refractivity contribution in [3.63, 3.8) is 0 Å². The first-order chi connectivity index (χ1) is 5.34. The lowest BCUT2D eigenvalue weighted by atomic mass is 9.86. The highest BCUT2D eigenvalue weighted by molar-refractivity contribution is 4.70. The Morgan fingerprint density at radius 3 is 2.55 bits per heavy atom. The van der Waals surface area contributed by atoms with Gasteiger partial charge in [-0.3, -0.25) is 0 Å². The molecule has 1 rings (SSSR count). The summed E-state index contributed by atoms with van der Waals surface area (Å²) in [6, 6.07) is 0. The van der Waals surface area contributed by atoms with Crippen LogP contribution in [0.25, 0.3) is 0 Å². The molecule has 1 aliphatic rings. The number of hydrogen-bond acceptors (Lipinski definition) is 3. The molecule has 0 aromatic carbocycles. The molecule has 1 saturated carbocycles. The Hall–Kier alpha value is -0.600. The summed E-state index contributed by atoms with van der Waals surface area (Å²) in [7, 11) is 0. The summed E-state index contributed by atoms with van der Waals surface area (Å²) in [5, 5.41) is 2.46. The van der Waals surface area contributed by atoms with Crippen LogP contribution in [0, 0.1) is 10.8 Å². The predicted octanol–water partition coefficient (Wildman–Crippen LogP) is 2.65. The zero-order valence-corrected chi connectivity index (χ0v) is 6.95. The maximum Gasteiger partial charge on any atom is 0.155 e. The molecule has 3 heteroatoms. The van der Waals surface area contributed by atoms with E-state index in [-0.39, 0.29) is 6.10 Å². The third-order valence-electron chi connectivity index (χ3n) is 2.52. The highest BCUT2D eigenvalue weighted by atomic mass is 16.7. The fourth-order valence-electron chi connectivity index (χ4n) is 1.76.